The van der Waals surface area contributed by atoms with Crippen LogP contribution in [0.15, 0.2) is 10.9 Å². The topological polar surface area (TPSA) is 71.6 Å². The summed E-state index contributed by atoms with van der Waals surface area (Å²) in [5.74, 6) is 0.251. The first-order chi connectivity index (χ1) is 12.8. The Balaban J connectivity index is 2.05. The summed E-state index contributed by atoms with van der Waals surface area (Å²) in [7, 11) is 2.91. The maximum absolute atomic E-state index is 13.1. The van der Waals surface area contributed by atoms with Crippen molar-refractivity contribution in [3.63, 3.8) is 0 Å². The van der Waals surface area contributed by atoms with Crippen molar-refractivity contribution < 1.29 is 14.3 Å². The molecule has 2 aromatic rings. The van der Waals surface area contributed by atoms with Gasteiger partial charge in [0.15, 0.2) is 11.5 Å². The van der Waals surface area contributed by atoms with Crippen molar-refractivity contribution >= 4 is 29.1 Å². The van der Waals surface area contributed by atoms with Crippen LogP contribution < -0.4 is 15.0 Å². The van der Waals surface area contributed by atoms with Gasteiger partial charge in [-0.1, -0.05) is 23.2 Å². The Hall–Kier alpha value is -2.18. The highest BCUT2D eigenvalue weighted by Crippen LogP contribution is 2.47. The number of amides is 1. The fourth-order valence-corrected chi connectivity index (χ4v) is 4.15. The molecule has 0 saturated heterocycles. The quantitative estimate of drug-likeness (QED) is 0.836. The Morgan fingerprint density at radius 3 is 2.33 bits per heavy atom. The number of carbonyl (C=O) groups is 1. The molecule has 6 nitrogen and oxygen atoms in total. The molecule has 27 heavy (non-hydrogen) atoms. The van der Waals surface area contributed by atoms with E-state index < -0.39 is 0 Å². The third kappa shape index (κ3) is 3.28. The number of ether oxygens (including phenoxy) is 2. The first-order valence-electron chi connectivity index (χ1n) is 8.40. The fraction of sp³-hybridized carbons (Fsp3) is 0.368. The summed E-state index contributed by atoms with van der Waals surface area (Å²) < 4.78 is 10.6. The van der Waals surface area contributed by atoms with Crippen molar-refractivity contribution in [1.29, 1.82) is 0 Å². The van der Waals surface area contributed by atoms with Crippen molar-refractivity contribution in [1.82, 2.24) is 9.88 Å². The predicted molar refractivity (Wildman–Crippen MR) is 105 cm³/mol. The second-order valence-corrected chi connectivity index (χ2v) is 7.22. The Labute approximate surface area is 167 Å². The molecule has 0 spiro atoms. The monoisotopic (exact) mass is 410 g/mol. The van der Waals surface area contributed by atoms with Crippen molar-refractivity contribution in [2.45, 2.75) is 26.8 Å². The number of aromatic amines is 1. The molecule has 0 bridgehead atoms. The van der Waals surface area contributed by atoms with Gasteiger partial charge >= 0.3 is 0 Å². The van der Waals surface area contributed by atoms with Gasteiger partial charge in [0, 0.05) is 17.8 Å². The molecule has 8 heteroatoms. The fourth-order valence-electron chi connectivity index (χ4n) is 3.44. The highest BCUT2D eigenvalue weighted by Gasteiger charge is 2.34. The van der Waals surface area contributed by atoms with E-state index in [-0.39, 0.29) is 28.8 Å². The lowest BCUT2D eigenvalue weighted by Crippen LogP contribution is -2.39. The smallest absolute Gasteiger partial charge is 0.256 e. The molecule has 1 aliphatic rings. The van der Waals surface area contributed by atoms with Crippen LogP contribution in [-0.2, 0) is 13.0 Å². The Morgan fingerprint density at radius 2 is 1.74 bits per heavy atom. The van der Waals surface area contributed by atoms with Crippen molar-refractivity contribution in [3.05, 3.63) is 54.4 Å². The van der Waals surface area contributed by atoms with Crippen LogP contribution in [0.4, 0.5) is 0 Å². The van der Waals surface area contributed by atoms with Gasteiger partial charge in [-0.05, 0) is 37.5 Å². The van der Waals surface area contributed by atoms with Crippen LogP contribution in [0.5, 0.6) is 11.5 Å². The lowest BCUT2D eigenvalue weighted by molar-refractivity contribution is 0.0725. The zero-order valence-electron chi connectivity index (χ0n) is 15.5. The van der Waals surface area contributed by atoms with E-state index in [1.807, 2.05) is 19.9 Å². The largest absolute Gasteiger partial charge is 0.491 e. The number of aromatic nitrogens is 1. The minimum absolute atomic E-state index is 0.165. The molecule has 0 aliphatic carbocycles. The highest BCUT2D eigenvalue weighted by molar-refractivity contribution is 6.39. The van der Waals surface area contributed by atoms with Gasteiger partial charge in [0.25, 0.3) is 11.5 Å². The van der Waals surface area contributed by atoms with Gasteiger partial charge in [0.1, 0.15) is 0 Å². The van der Waals surface area contributed by atoms with Crippen LogP contribution in [-0.4, -0.2) is 36.6 Å². The molecule has 1 amide bonds. The first kappa shape index (κ1) is 19.6. The van der Waals surface area contributed by atoms with E-state index in [0.29, 0.717) is 40.4 Å². The molecule has 0 fully saturated rings. The number of benzene rings is 1. The average Bonchev–Trinajstić information content (AvgIpc) is 2.61. The van der Waals surface area contributed by atoms with E-state index in [0.717, 1.165) is 11.3 Å². The van der Waals surface area contributed by atoms with Gasteiger partial charge in [0.2, 0.25) is 0 Å². The van der Waals surface area contributed by atoms with Crippen LogP contribution in [0.2, 0.25) is 10.0 Å². The lowest BCUT2D eigenvalue weighted by atomic mass is 9.96. The van der Waals surface area contributed by atoms with Crippen LogP contribution >= 0.6 is 23.2 Å². The van der Waals surface area contributed by atoms with Crippen molar-refractivity contribution in [3.8, 4) is 11.5 Å². The molecule has 0 saturated carbocycles. The maximum atomic E-state index is 13.1. The maximum Gasteiger partial charge on any atom is 0.256 e. The van der Waals surface area contributed by atoms with E-state index in [4.69, 9.17) is 32.7 Å². The van der Waals surface area contributed by atoms with Crippen molar-refractivity contribution in [2.75, 3.05) is 20.8 Å². The van der Waals surface area contributed by atoms with Gasteiger partial charge in [-0.2, -0.15) is 0 Å². The number of rotatable bonds is 4. The molecule has 1 N–H and O–H groups in total. The number of fused-ring (bicyclic) bond motifs is 1. The number of halogens is 2. The zero-order valence-corrected chi connectivity index (χ0v) is 17.0. The van der Waals surface area contributed by atoms with Crippen LogP contribution in [0.25, 0.3) is 0 Å². The van der Waals surface area contributed by atoms with Crippen LogP contribution in [0, 0.1) is 13.8 Å². The number of nitrogens with zero attached hydrogens (tertiary/aromatic N) is 1. The van der Waals surface area contributed by atoms with Gasteiger partial charge in [-0.3, -0.25) is 9.59 Å². The molecular formula is C19H20Cl2N2O4. The molecule has 0 radical (unpaired) electrons. The summed E-state index contributed by atoms with van der Waals surface area (Å²) >= 11 is 12.9. The number of pyridine rings is 1. The first-order valence-corrected chi connectivity index (χ1v) is 9.16. The second-order valence-electron chi connectivity index (χ2n) is 6.47. The minimum atomic E-state index is -0.288. The summed E-state index contributed by atoms with van der Waals surface area (Å²) in [6.45, 7) is 4.30. The normalized spacial score (nSPS) is 13.6. The number of methoxy groups -OCH3 is 2. The van der Waals surface area contributed by atoms with Gasteiger partial charge in [-0.25, -0.2) is 0 Å². The third-order valence-corrected chi connectivity index (χ3v) is 5.54. The number of H-pyrrole nitrogens is 1. The molecular weight excluding hydrogens is 391 g/mol. The van der Waals surface area contributed by atoms with Gasteiger partial charge < -0.3 is 19.4 Å². The summed E-state index contributed by atoms with van der Waals surface area (Å²) in [5, 5.41) is 0.490. The number of carbonyl (C=O) groups excluding carboxylic acids is 1. The lowest BCUT2D eigenvalue weighted by Gasteiger charge is -2.31. The van der Waals surface area contributed by atoms with E-state index in [2.05, 4.69) is 4.98 Å². The Morgan fingerprint density at radius 1 is 1.11 bits per heavy atom. The van der Waals surface area contributed by atoms with Crippen molar-refractivity contribution in [2.24, 2.45) is 0 Å². The molecule has 144 valence electrons. The molecule has 0 atom stereocenters. The summed E-state index contributed by atoms with van der Waals surface area (Å²) in [6.07, 6.45) is 0.503. The zero-order chi connectivity index (χ0) is 19.9. The summed E-state index contributed by atoms with van der Waals surface area (Å²) in [5.41, 5.74) is 2.92. The molecule has 2 heterocycles. The van der Waals surface area contributed by atoms with Gasteiger partial charge in [0.05, 0.1) is 36.4 Å². The summed E-state index contributed by atoms with van der Waals surface area (Å²) in [6, 6.07) is 1.89. The Kier molecular flexibility index (Phi) is 5.40. The SMILES string of the molecule is COc1c(Cl)c2c(c(Cl)c1OC)C(=O)N(Cc1c(C)cc(C)[nH]c1=O)CC2. The van der Waals surface area contributed by atoms with Crippen LogP contribution in [0.3, 0.4) is 0 Å². The van der Waals surface area contributed by atoms with E-state index in [1.165, 1.54) is 14.2 Å². The standard InChI is InChI=1S/C19H20Cl2N2O4/c1-9-7-10(2)22-18(24)12(9)8-23-6-5-11-13(19(23)25)15(21)17(27-4)16(26-3)14(11)20/h7H,5-6,8H2,1-4H3,(H,22,24). The van der Waals surface area contributed by atoms with Crippen LogP contribution in [0.1, 0.15) is 32.7 Å². The van der Waals surface area contributed by atoms with E-state index >= 15 is 0 Å². The average molecular weight is 411 g/mol. The molecule has 3 rings (SSSR count). The number of hydrogen-bond acceptors (Lipinski definition) is 4. The molecule has 1 aliphatic heterocycles. The number of nitrogens with one attached hydrogen (secondary N) is 1. The molecule has 0 unspecified atom stereocenters. The number of hydrogen-bond donors (Lipinski definition) is 1. The van der Waals surface area contributed by atoms with E-state index in [1.54, 1.807) is 4.90 Å². The minimum Gasteiger partial charge on any atom is -0.491 e. The Bertz CT molecular complexity index is 985. The third-order valence-electron chi connectivity index (χ3n) is 4.77. The van der Waals surface area contributed by atoms with E-state index in [9.17, 15) is 9.59 Å². The highest BCUT2D eigenvalue weighted by atomic mass is 35.5. The predicted octanol–water partition coefficient (Wildman–Crippen LogP) is 3.51. The molecule has 1 aromatic heterocycles. The summed E-state index contributed by atoms with van der Waals surface area (Å²) in [4.78, 5) is 29.8. The second kappa shape index (κ2) is 7.44. The number of aryl methyl sites for hydroxylation is 2. The molecule has 1 aromatic carbocycles. The van der Waals surface area contributed by atoms with Gasteiger partial charge in [-0.15, -0.1) is 0 Å².